The van der Waals surface area contributed by atoms with Crippen LogP contribution in [0.2, 0.25) is 0 Å². The van der Waals surface area contributed by atoms with Crippen LogP contribution >= 0.6 is 0 Å². The van der Waals surface area contributed by atoms with E-state index in [0.717, 1.165) is 56.0 Å². The van der Waals surface area contributed by atoms with Crippen molar-refractivity contribution in [2.24, 2.45) is 0 Å². The first-order valence-electron chi connectivity index (χ1n) is 15.6. The zero-order valence-electron chi connectivity index (χ0n) is 25.3. The molecule has 8 rings (SSSR count). The summed E-state index contributed by atoms with van der Waals surface area (Å²) in [6, 6.07) is 66.3. The largest absolute Gasteiger partial charge is 0.456 e. The van der Waals surface area contributed by atoms with Crippen molar-refractivity contribution in [1.29, 1.82) is 0 Å². The molecule has 0 aliphatic rings. The smallest absolute Gasteiger partial charge is 0.137 e. The van der Waals surface area contributed by atoms with Crippen molar-refractivity contribution >= 4 is 28.0 Å². The molecule has 1 heterocycles. The van der Waals surface area contributed by atoms with Crippen LogP contribution in [0, 0.1) is 0 Å². The highest BCUT2D eigenvalue weighted by atomic mass is 16.3. The number of hydrogen-bond donors (Lipinski definition) is 0. The third kappa shape index (κ3) is 5.27. The number of anilines is 3. The average Bonchev–Trinajstić information content (AvgIpc) is 3.58. The number of nitrogens with zero attached hydrogens (tertiary/aromatic N) is 1. The van der Waals surface area contributed by atoms with Gasteiger partial charge in [-0.3, -0.25) is 0 Å². The van der Waals surface area contributed by atoms with Gasteiger partial charge in [0.15, 0.2) is 0 Å². The van der Waals surface area contributed by atoms with Gasteiger partial charge in [-0.05, 0) is 70.3 Å². The Bertz CT molecular complexity index is 2220. The van der Waals surface area contributed by atoms with E-state index in [4.69, 9.17) is 4.42 Å². The molecule has 0 atom stereocenters. The van der Waals surface area contributed by atoms with E-state index in [-0.39, 0.29) is 0 Å². The van der Waals surface area contributed by atoms with Crippen molar-refractivity contribution < 1.29 is 4.42 Å². The van der Waals surface area contributed by atoms with E-state index in [1.54, 1.807) is 0 Å². The third-order valence-corrected chi connectivity index (χ3v) is 8.50. The first-order chi connectivity index (χ1) is 22.8. The molecule has 0 N–H and O–H groups in total. The molecule has 0 aliphatic carbocycles. The fraction of sp³-hybridized carbons (Fsp3) is 0. The number of benzene rings is 7. The summed E-state index contributed by atoms with van der Waals surface area (Å²) >= 11 is 0. The van der Waals surface area contributed by atoms with Crippen molar-refractivity contribution in [3.05, 3.63) is 188 Å². The lowest BCUT2D eigenvalue weighted by molar-refractivity contribution is 0.631. The quantitative estimate of drug-likeness (QED) is 0.184. The number of para-hydroxylation sites is 3. The molecule has 2 heteroatoms. The van der Waals surface area contributed by atoms with Crippen LogP contribution in [0.15, 0.2) is 192 Å². The molecule has 0 saturated heterocycles. The normalized spacial score (nSPS) is 11.0. The van der Waals surface area contributed by atoms with Gasteiger partial charge in [0.25, 0.3) is 0 Å². The van der Waals surface area contributed by atoms with Crippen LogP contribution < -0.4 is 4.90 Å². The predicted octanol–water partition coefficient (Wildman–Crippen LogP) is 12.6. The molecule has 0 fully saturated rings. The van der Waals surface area contributed by atoms with Gasteiger partial charge in [0.1, 0.15) is 11.3 Å². The molecule has 0 radical (unpaired) electrons. The van der Waals surface area contributed by atoms with Gasteiger partial charge in [-0.1, -0.05) is 146 Å². The molecule has 0 saturated carbocycles. The van der Waals surface area contributed by atoms with Gasteiger partial charge in [0.2, 0.25) is 0 Å². The standard InChI is InChI=1S/C44H31NO/c1-3-14-32(15-4-1)34-26-28-35(29-27-34)39-21-8-10-23-41(39)45(38-20-13-19-36(30-38)33-16-5-2-6-17-33)42-24-11-9-22-40(42)44-31-37-18-7-12-25-43(37)46-44/h1-31H. The van der Waals surface area contributed by atoms with Crippen molar-refractivity contribution in [3.8, 4) is 44.7 Å². The Labute approximate surface area is 269 Å². The molecule has 46 heavy (non-hydrogen) atoms. The minimum Gasteiger partial charge on any atom is -0.456 e. The lowest BCUT2D eigenvalue weighted by Crippen LogP contribution is -2.12. The molecule has 0 spiro atoms. The van der Waals surface area contributed by atoms with Gasteiger partial charge in [-0.25, -0.2) is 0 Å². The molecule has 0 amide bonds. The van der Waals surface area contributed by atoms with Gasteiger partial charge in [0, 0.05) is 22.2 Å². The second kappa shape index (κ2) is 12.1. The summed E-state index contributed by atoms with van der Waals surface area (Å²) in [5.41, 5.74) is 12.1. The zero-order chi connectivity index (χ0) is 30.7. The van der Waals surface area contributed by atoms with Crippen molar-refractivity contribution in [2.45, 2.75) is 0 Å². The molecule has 0 aliphatic heterocycles. The summed E-state index contributed by atoms with van der Waals surface area (Å²) in [7, 11) is 0. The molecule has 218 valence electrons. The zero-order valence-corrected chi connectivity index (χ0v) is 25.3. The molecular weight excluding hydrogens is 558 g/mol. The van der Waals surface area contributed by atoms with Crippen molar-refractivity contribution in [3.63, 3.8) is 0 Å². The predicted molar refractivity (Wildman–Crippen MR) is 193 cm³/mol. The molecule has 0 bridgehead atoms. The number of fused-ring (bicyclic) bond motifs is 1. The fourth-order valence-corrected chi connectivity index (χ4v) is 6.24. The van der Waals surface area contributed by atoms with Crippen molar-refractivity contribution in [2.75, 3.05) is 4.90 Å². The topological polar surface area (TPSA) is 16.4 Å². The Morgan fingerprint density at radius 2 is 0.870 bits per heavy atom. The van der Waals surface area contributed by atoms with Crippen LogP contribution in [-0.4, -0.2) is 0 Å². The van der Waals surface area contributed by atoms with Crippen LogP contribution in [0.25, 0.3) is 55.7 Å². The maximum absolute atomic E-state index is 6.45. The van der Waals surface area contributed by atoms with Crippen LogP contribution in [0.5, 0.6) is 0 Å². The van der Waals surface area contributed by atoms with Crippen LogP contribution in [-0.2, 0) is 0 Å². The number of hydrogen-bond acceptors (Lipinski definition) is 2. The summed E-state index contributed by atoms with van der Waals surface area (Å²) in [5.74, 6) is 0.839. The SMILES string of the molecule is c1ccc(-c2ccc(-c3ccccc3N(c3cccc(-c4ccccc4)c3)c3ccccc3-c3cc4ccccc4o3)cc2)cc1. The Kier molecular flexibility index (Phi) is 7.22. The third-order valence-electron chi connectivity index (χ3n) is 8.50. The highest BCUT2D eigenvalue weighted by Gasteiger charge is 2.22. The van der Waals surface area contributed by atoms with Crippen LogP contribution in [0.4, 0.5) is 17.1 Å². The maximum Gasteiger partial charge on any atom is 0.137 e. The lowest BCUT2D eigenvalue weighted by Gasteiger charge is -2.29. The van der Waals surface area contributed by atoms with Gasteiger partial charge < -0.3 is 9.32 Å². The number of furan rings is 1. The second-order valence-corrected chi connectivity index (χ2v) is 11.4. The van der Waals surface area contributed by atoms with Gasteiger partial charge in [-0.2, -0.15) is 0 Å². The lowest BCUT2D eigenvalue weighted by atomic mass is 9.97. The van der Waals surface area contributed by atoms with E-state index in [2.05, 4.69) is 175 Å². The van der Waals surface area contributed by atoms with E-state index < -0.39 is 0 Å². The minimum atomic E-state index is 0.839. The Morgan fingerprint density at radius 3 is 1.59 bits per heavy atom. The first-order valence-corrected chi connectivity index (χ1v) is 15.6. The first kappa shape index (κ1) is 27.4. The van der Waals surface area contributed by atoms with Gasteiger partial charge in [-0.15, -0.1) is 0 Å². The molecule has 1 aromatic heterocycles. The van der Waals surface area contributed by atoms with E-state index in [9.17, 15) is 0 Å². The Balaban J connectivity index is 1.32. The summed E-state index contributed by atoms with van der Waals surface area (Å²) in [5, 5.41) is 1.09. The molecule has 8 aromatic rings. The second-order valence-electron chi connectivity index (χ2n) is 11.4. The highest BCUT2D eigenvalue weighted by molar-refractivity contribution is 5.95. The molecule has 0 unspecified atom stereocenters. The van der Waals surface area contributed by atoms with Gasteiger partial charge in [0.05, 0.1) is 11.4 Å². The van der Waals surface area contributed by atoms with Crippen molar-refractivity contribution in [1.82, 2.24) is 0 Å². The van der Waals surface area contributed by atoms with E-state index in [1.807, 2.05) is 18.2 Å². The fourth-order valence-electron chi connectivity index (χ4n) is 6.24. The number of rotatable bonds is 7. The van der Waals surface area contributed by atoms with Crippen LogP contribution in [0.1, 0.15) is 0 Å². The molecular formula is C44H31NO. The Hall–Kier alpha value is -6.12. The summed E-state index contributed by atoms with van der Waals surface area (Å²) in [4.78, 5) is 2.37. The summed E-state index contributed by atoms with van der Waals surface area (Å²) in [6.07, 6.45) is 0. The Morgan fingerprint density at radius 1 is 0.348 bits per heavy atom. The van der Waals surface area contributed by atoms with Crippen LogP contribution in [0.3, 0.4) is 0 Å². The minimum absolute atomic E-state index is 0.839. The van der Waals surface area contributed by atoms with E-state index >= 15 is 0 Å². The molecule has 2 nitrogen and oxygen atoms in total. The molecule has 7 aromatic carbocycles. The monoisotopic (exact) mass is 589 g/mol. The van der Waals surface area contributed by atoms with E-state index in [1.165, 1.54) is 16.7 Å². The summed E-state index contributed by atoms with van der Waals surface area (Å²) < 4.78 is 6.45. The summed E-state index contributed by atoms with van der Waals surface area (Å²) in [6.45, 7) is 0. The van der Waals surface area contributed by atoms with E-state index in [0.29, 0.717) is 0 Å². The average molecular weight is 590 g/mol. The maximum atomic E-state index is 6.45. The van der Waals surface area contributed by atoms with Gasteiger partial charge >= 0.3 is 0 Å². The highest BCUT2D eigenvalue weighted by Crippen LogP contribution is 2.46.